The van der Waals surface area contributed by atoms with E-state index in [1.165, 1.54) is 11.6 Å². The van der Waals surface area contributed by atoms with Crippen LogP contribution in [-0.2, 0) is 6.54 Å². The number of nitrogens with zero attached hydrogens (tertiary/aromatic N) is 1. The van der Waals surface area contributed by atoms with Crippen LogP contribution in [0.4, 0.5) is 10.1 Å². The van der Waals surface area contributed by atoms with Crippen molar-refractivity contribution in [3.8, 4) is 0 Å². The molecule has 2 N–H and O–H groups in total. The smallest absolute Gasteiger partial charge is 0.128 e. The number of nitrogen functional groups attached to an aromatic ring is 1. The third kappa shape index (κ3) is 2.83. The second kappa shape index (κ2) is 5.63. The molecule has 1 saturated heterocycles. The van der Waals surface area contributed by atoms with Gasteiger partial charge < -0.3 is 5.73 Å². The molecular weight excluding hydrogens is 251 g/mol. The normalized spacial score (nSPS) is 19.4. The highest BCUT2D eigenvalue weighted by Gasteiger charge is 2.25. The third-order valence-corrected chi connectivity index (χ3v) is 3.99. The lowest BCUT2D eigenvalue weighted by molar-refractivity contribution is 0.326. The van der Waals surface area contributed by atoms with Gasteiger partial charge in [-0.2, -0.15) is 0 Å². The van der Waals surface area contributed by atoms with Gasteiger partial charge in [0.25, 0.3) is 0 Å². The summed E-state index contributed by atoms with van der Waals surface area (Å²) in [5, 5.41) is 0. The molecule has 104 valence electrons. The van der Waals surface area contributed by atoms with Gasteiger partial charge >= 0.3 is 0 Å². The number of benzene rings is 2. The van der Waals surface area contributed by atoms with E-state index in [-0.39, 0.29) is 11.7 Å². The van der Waals surface area contributed by atoms with Gasteiger partial charge in [0.2, 0.25) is 0 Å². The number of anilines is 1. The largest absolute Gasteiger partial charge is 0.399 e. The summed E-state index contributed by atoms with van der Waals surface area (Å²) in [6.07, 6.45) is 1.01. The van der Waals surface area contributed by atoms with Gasteiger partial charge in [0, 0.05) is 24.7 Å². The van der Waals surface area contributed by atoms with Crippen molar-refractivity contribution in [3.05, 3.63) is 65.5 Å². The maximum atomic E-state index is 14.0. The van der Waals surface area contributed by atoms with Crippen molar-refractivity contribution in [1.82, 2.24) is 4.90 Å². The standard InChI is InChI=1S/C17H19FN2/c18-17-10-15(19)6-7-16(17)14-8-9-20(12-14)11-13-4-2-1-3-5-13/h1-7,10,14H,8-9,11-12,19H2. The quantitative estimate of drug-likeness (QED) is 0.866. The molecule has 2 aromatic rings. The monoisotopic (exact) mass is 270 g/mol. The van der Waals surface area contributed by atoms with E-state index in [4.69, 9.17) is 5.73 Å². The summed E-state index contributed by atoms with van der Waals surface area (Å²) in [6, 6.07) is 15.5. The minimum Gasteiger partial charge on any atom is -0.399 e. The van der Waals surface area contributed by atoms with Gasteiger partial charge in [-0.05, 0) is 36.2 Å². The van der Waals surface area contributed by atoms with Crippen LogP contribution < -0.4 is 5.73 Å². The Morgan fingerprint density at radius 3 is 2.70 bits per heavy atom. The lowest BCUT2D eigenvalue weighted by atomic mass is 9.97. The summed E-state index contributed by atoms with van der Waals surface area (Å²) in [4.78, 5) is 2.38. The van der Waals surface area contributed by atoms with Crippen LogP contribution in [0.5, 0.6) is 0 Å². The van der Waals surface area contributed by atoms with Gasteiger partial charge in [-0.3, -0.25) is 4.90 Å². The molecule has 3 heteroatoms. The second-order valence-corrected chi connectivity index (χ2v) is 5.49. The third-order valence-electron chi connectivity index (χ3n) is 3.99. The van der Waals surface area contributed by atoms with Crippen LogP contribution in [0.15, 0.2) is 48.5 Å². The van der Waals surface area contributed by atoms with Crippen molar-refractivity contribution >= 4 is 5.69 Å². The van der Waals surface area contributed by atoms with Crippen LogP contribution in [0, 0.1) is 5.82 Å². The number of likely N-dealkylation sites (tertiary alicyclic amines) is 1. The van der Waals surface area contributed by atoms with Crippen molar-refractivity contribution in [2.24, 2.45) is 0 Å². The Morgan fingerprint density at radius 2 is 1.95 bits per heavy atom. The number of hydrogen-bond donors (Lipinski definition) is 1. The van der Waals surface area contributed by atoms with Gasteiger partial charge in [-0.15, -0.1) is 0 Å². The van der Waals surface area contributed by atoms with E-state index < -0.39 is 0 Å². The Hall–Kier alpha value is -1.87. The number of rotatable bonds is 3. The zero-order valence-corrected chi connectivity index (χ0v) is 11.4. The molecule has 20 heavy (non-hydrogen) atoms. The Bertz CT molecular complexity index is 583. The molecule has 0 bridgehead atoms. The minimum absolute atomic E-state index is 0.170. The first-order valence-corrected chi connectivity index (χ1v) is 7.03. The van der Waals surface area contributed by atoms with E-state index in [1.54, 1.807) is 6.07 Å². The molecule has 0 amide bonds. The van der Waals surface area contributed by atoms with E-state index in [0.717, 1.165) is 31.6 Å². The number of halogens is 1. The zero-order chi connectivity index (χ0) is 13.9. The first-order chi connectivity index (χ1) is 9.72. The molecule has 1 aliphatic heterocycles. The fourth-order valence-corrected chi connectivity index (χ4v) is 2.95. The molecule has 0 spiro atoms. The molecule has 1 unspecified atom stereocenters. The Balaban J connectivity index is 1.67. The zero-order valence-electron chi connectivity index (χ0n) is 11.4. The van der Waals surface area contributed by atoms with E-state index in [1.807, 2.05) is 12.1 Å². The van der Waals surface area contributed by atoms with Crippen molar-refractivity contribution in [2.75, 3.05) is 18.8 Å². The summed E-state index contributed by atoms with van der Waals surface area (Å²) >= 11 is 0. The molecule has 0 aliphatic carbocycles. The second-order valence-electron chi connectivity index (χ2n) is 5.49. The summed E-state index contributed by atoms with van der Waals surface area (Å²) in [5.41, 5.74) is 8.21. The molecule has 3 rings (SSSR count). The number of hydrogen-bond acceptors (Lipinski definition) is 2. The average Bonchev–Trinajstić information content (AvgIpc) is 2.88. The van der Waals surface area contributed by atoms with E-state index >= 15 is 0 Å². The highest BCUT2D eigenvalue weighted by Crippen LogP contribution is 2.30. The molecule has 0 aromatic heterocycles. The molecule has 0 saturated carbocycles. The van der Waals surface area contributed by atoms with Crippen molar-refractivity contribution in [1.29, 1.82) is 0 Å². The lowest BCUT2D eigenvalue weighted by Gasteiger charge is -2.16. The Labute approximate surface area is 119 Å². The van der Waals surface area contributed by atoms with Crippen LogP contribution in [0.3, 0.4) is 0 Å². The first kappa shape index (κ1) is 13.1. The SMILES string of the molecule is Nc1ccc(C2CCN(Cc3ccccc3)C2)c(F)c1. The molecule has 0 radical (unpaired) electrons. The molecule has 1 aliphatic rings. The maximum Gasteiger partial charge on any atom is 0.128 e. The maximum absolute atomic E-state index is 14.0. The van der Waals surface area contributed by atoms with Crippen molar-refractivity contribution in [2.45, 2.75) is 18.9 Å². The van der Waals surface area contributed by atoms with Gasteiger partial charge in [-0.25, -0.2) is 4.39 Å². The van der Waals surface area contributed by atoms with Crippen molar-refractivity contribution in [3.63, 3.8) is 0 Å². The van der Waals surface area contributed by atoms with Gasteiger partial charge in [-0.1, -0.05) is 36.4 Å². The summed E-state index contributed by atoms with van der Waals surface area (Å²) in [5.74, 6) is 0.107. The molecule has 2 aromatic carbocycles. The minimum atomic E-state index is -0.170. The van der Waals surface area contributed by atoms with Gasteiger partial charge in [0.15, 0.2) is 0 Å². The summed E-state index contributed by atoms with van der Waals surface area (Å²) in [6.45, 7) is 2.87. The highest BCUT2D eigenvalue weighted by molar-refractivity contribution is 5.41. The molecule has 1 atom stereocenters. The first-order valence-electron chi connectivity index (χ1n) is 7.03. The fraction of sp³-hybridized carbons (Fsp3) is 0.294. The van der Waals surface area contributed by atoms with Crippen LogP contribution in [0.1, 0.15) is 23.5 Å². The van der Waals surface area contributed by atoms with Crippen LogP contribution in [0.2, 0.25) is 0 Å². The van der Waals surface area contributed by atoms with E-state index in [9.17, 15) is 4.39 Å². The van der Waals surface area contributed by atoms with Crippen LogP contribution in [-0.4, -0.2) is 18.0 Å². The average molecular weight is 270 g/mol. The lowest BCUT2D eigenvalue weighted by Crippen LogP contribution is -2.19. The topological polar surface area (TPSA) is 29.3 Å². The van der Waals surface area contributed by atoms with E-state index in [2.05, 4.69) is 29.2 Å². The Kier molecular flexibility index (Phi) is 3.70. The van der Waals surface area contributed by atoms with Crippen LogP contribution in [0.25, 0.3) is 0 Å². The molecular formula is C17H19FN2. The molecule has 1 heterocycles. The fourth-order valence-electron chi connectivity index (χ4n) is 2.95. The van der Waals surface area contributed by atoms with Gasteiger partial charge in [0.1, 0.15) is 5.82 Å². The molecule has 2 nitrogen and oxygen atoms in total. The van der Waals surface area contributed by atoms with Crippen LogP contribution >= 0.6 is 0 Å². The summed E-state index contributed by atoms with van der Waals surface area (Å²) in [7, 11) is 0. The highest BCUT2D eigenvalue weighted by atomic mass is 19.1. The predicted octanol–water partition coefficient (Wildman–Crippen LogP) is 3.40. The Morgan fingerprint density at radius 1 is 1.15 bits per heavy atom. The molecule has 1 fully saturated rings. The van der Waals surface area contributed by atoms with Crippen molar-refractivity contribution < 1.29 is 4.39 Å². The predicted molar refractivity (Wildman–Crippen MR) is 79.9 cm³/mol. The summed E-state index contributed by atoms with van der Waals surface area (Å²) < 4.78 is 14.0. The van der Waals surface area contributed by atoms with Gasteiger partial charge in [0.05, 0.1) is 0 Å². The van der Waals surface area contributed by atoms with E-state index in [0.29, 0.717) is 5.69 Å². The number of nitrogens with two attached hydrogens (primary N) is 1.